The molecule has 2 fully saturated rings. The minimum absolute atomic E-state index is 0.0577. The molecule has 2 saturated heterocycles. The van der Waals surface area contributed by atoms with Crippen LogP contribution in [0.25, 0.3) is 16.8 Å². The summed E-state index contributed by atoms with van der Waals surface area (Å²) in [6.07, 6.45) is 5.41. The highest BCUT2D eigenvalue weighted by Crippen LogP contribution is 2.34. The summed E-state index contributed by atoms with van der Waals surface area (Å²) in [4.78, 5) is 65.1. The number of hydrogen-bond acceptors (Lipinski definition) is 13. The number of imide groups is 2. The predicted molar refractivity (Wildman–Crippen MR) is 206 cm³/mol. The molecule has 3 aromatic heterocycles. The van der Waals surface area contributed by atoms with Gasteiger partial charge in [-0.15, -0.1) is 5.10 Å². The minimum atomic E-state index is -3.42. The van der Waals surface area contributed by atoms with Crippen molar-refractivity contribution < 1.29 is 32.3 Å². The molecule has 3 aliphatic rings. The second-order valence-corrected chi connectivity index (χ2v) is 15.5. The molecular weight excluding hydrogens is 741 g/mol. The van der Waals surface area contributed by atoms with E-state index in [-0.39, 0.29) is 24.0 Å². The summed E-state index contributed by atoms with van der Waals surface area (Å²) >= 11 is 0. The summed E-state index contributed by atoms with van der Waals surface area (Å²) in [6.45, 7) is 4.36. The third-order valence-corrected chi connectivity index (χ3v) is 10.5. The van der Waals surface area contributed by atoms with Gasteiger partial charge in [-0.05, 0) is 61.4 Å². The third-order valence-electron chi connectivity index (χ3n) is 9.87. The fraction of sp³-hybridized carbons (Fsp3) is 0.289. The monoisotopic (exact) mass is 778 g/mol. The molecule has 0 radical (unpaired) electrons. The number of fused-ring (bicyclic) bond motifs is 2. The molecule has 1 atom stereocenters. The summed E-state index contributed by atoms with van der Waals surface area (Å²) < 4.78 is 33.7. The van der Waals surface area contributed by atoms with E-state index in [1.165, 1.54) is 0 Å². The Morgan fingerprint density at radius 1 is 0.893 bits per heavy atom. The standard InChI is InChI=1S/C38H38N10O7S/c1-56(53,54)44-25-6-2-5-24(21-25)29-11-10-27-23-40-38(43-48(27)29)41-26-9-13-32(39-22-26)46-18-16-45(17-19-46)15-4-20-55-31-8-3-7-28-34(31)37(52)47(36(28)51)30-12-14-33(49)42-35(30)50/h2-3,5-11,13,21-23,30,44H,4,12,14-20H2,1H3,(H,41,43)(H,42,49,50). The van der Waals surface area contributed by atoms with E-state index < -0.39 is 39.7 Å². The quantitative estimate of drug-likeness (QED) is 0.124. The van der Waals surface area contributed by atoms with Gasteiger partial charge >= 0.3 is 0 Å². The number of anilines is 4. The van der Waals surface area contributed by atoms with Crippen LogP contribution in [0, 0.1) is 0 Å². The van der Waals surface area contributed by atoms with Crippen LogP contribution in [-0.2, 0) is 19.6 Å². The highest BCUT2D eigenvalue weighted by atomic mass is 32.2. The lowest BCUT2D eigenvalue weighted by atomic mass is 10.0. The molecule has 0 aliphatic carbocycles. The van der Waals surface area contributed by atoms with Gasteiger partial charge in [-0.2, -0.15) is 0 Å². The maximum atomic E-state index is 13.3. The number of rotatable bonds is 12. The van der Waals surface area contributed by atoms with Gasteiger partial charge in [-0.3, -0.25) is 39.0 Å². The molecule has 3 aliphatic heterocycles. The number of piperidine rings is 1. The molecule has 18 heteroatoms. The van der Waals surface area contributed by atoms with Crippen molar-refractivity contribution in [1.29, 1.82) is 0 Å². The summed E-state index contributed by atoms with van der Waals surface area (Å²) in [5.74, 6) is -0.685. The third kappa shape index (κ3) is 7.60. The van der Waals surface area contributed by atoms with E-state index in [2.05, 4.69) is 40.2 Å². The lowest BCUT2D eigenvalue weighted by molar-refractivity contribution is -0.136. The van der Waals surface area contributed by atoms with E-state index >= 15 is 0 Å². The van der Waals surface area contributed by atoms with Crippen LogP contribution in [0.15, 0.2) is 79.1 Å². The van der Waals surface area contributed by atoms with Crippen LogP contribution in [0.5, 0.6) is 5.75 Å². The summed E-state index contributed by atoms with van der Waals surface area (Å²) in [5.41, 5.74) is 3.86. The van der Waals surface area contributed by atoms with Crippen LogP contribution < -0.4 is 25.0 Å². The number of hydrogen-bond donors (Lipinski definition) is 3. The van der Waals surface area contributed by atoms with Gasteiger partial charge in [-0.25, -0.2) is 22.9 Å². The van der Waals surface area contributed by atoms with Gasteiger partial charge in [0.1, 0.15) is 17.6 Å². The van der Waals surface area contributed by atoms with Gasteiger partial charge in [-0.1, -0.05) is 18.2 Å². The number of sulfonamides is 1. The Labute approximate surface area is 321 Å². The fourth-order valence-electron chi connectivity index (χ4n) is 7.18. The molecule has 4 amide bonds. The SMILES string of the molecule is CS(=O)(=O)Nc1cccc(-c2ccc3cnc(Nc4ccc(N5CCN(CCCOc6cccc7c6C(=O)N(C6CCC(=O)NC6=O)C7=O)CC5)nc4)nn23)c1. The highest BCUT2D eigenvalue weighted by Gasteiger charge is 2.46. The van der Waals surface area contributed by atoms with Crippen LogP contribution >= 0.6 is 0 Å². The Morgan fingerprint density at radius 2 is 1.71 bits per heavy atom. The van der Waals surface area contributed by atoms with Crippen molar-refractivity contribution in [3.63, 3.8) is 0 Å². The first-order valence-corrected chi connectivity index (χ1v) is 20.0. The number of nitrogens with one attached hydrogen (secondary N) is 3. The molecule has 3 N–H and O–H groups in total. The van der Waals surface area contributed by atoms with Crippen LogP contribution in [0.1, 0.15) is 40.0 Å². The summed E-state index contributed by atoms with van der Waals surface area (Å²) in [6, 6.07) is 18.6. The van der Waals surface area contributed by atoms with Crippen molar-refractivity contribution in [3.05, 3.63) is 90.3 Å². The molecule has 0 saturated carbocycles. The van der Waals surface area contributed by atoms with E-state index in [1.54, 1.807) is 53.3 Å². The first-order valence-electron chi connectivity index (χ1n) is 18.1. The number of pyridine rings is 1. The topological polar surface area (TPSA) is 201 Å². The average Bonchev–Trinajstić information content (AvgIpc) is 3.71. The Morgan fingerprint density at radius 3 is 2.48 bits per heavy atom. The Bertz CT molecular complexity index is 2460. The Balaban J connectivity index is 0.820. The number of carbonyl (C=O) groups excluding carboxylic acids is 4. The Kier molecular flexibility index (Phi) is 9.81. The van der Waals surface area contributed by atoms with E-state index in [9.17, 15) is 27.6 Å². The van der Waals surface area contributed by atoms with Crippen LogP contribution in [0.2, 0.25) is 0 Å². The minimum Gasteiger partial charge on any atom is -0.493 e. The zero-order chi connectivity index (χ0) is 39.0. The van der Waals surface area contributed by atoms with E-state index in [0.29, 0.717) is 30.4 Å². The summed E-state index contributed by atoms with van der Waals surface area (Å²) in [7, 11) is -3.42. The van der Waals surface area contributed by atoms with Gasteiger partial charge in [0.05, 0.1) is 53.3 Å². The zero-order valence-corrected chi connectivity index (χ0v) is 31.2. The van der Waals surface area contributed by atoms with Gasteiger partial charge in [0.2, 0.25) is 27.8 Å². The average molecular weight is 779 g/mol. The smallest absolute Gasteiger partial charge is 0.266 e. The van der Waals surface area contributed by atoms with Crippen LogP contribution in [0.4, 0.5) is 23.1 Å². The van der Waals surface area contributed by atoms with E-state index in [4.69, 9.17) is 4.74 Å². The zero-order valence-electron chi connectivity index (χ0n) is 30.3. The molecule has 0 bridgehead atoms. The summed E-state index contributed by atoms with van der Waals surface area (Å²) in [5, 5.41) is 10.1. The van der Waals surface area contributed by atoms with Gasteiger partial charge < -0.3 is 15.0 Å². The van der Waals surface area contributed by atoms with Crippen molar-refractivity contribution >= 4 is 62.3 Å². The normalized spacial score (nSPS) is 17.6. The van der Waals surface area contributed by atoms with Gasteiger partial charge in [0.15, 0.2) is 0 Å². The van der Waals surface area contributed by atoms with E-state index in [0.717, 1.165) is 72.2 Å². The van der Waals surface area contributed by atoms with Crippen molar-refractivity contribution in [1.82, 2.24) is 34.7 Å². The number of piperazine rings is 1. The van der Waals surface area contributed by atoms with Crippen molar-refractivity contribution in [2.75, 3.05) is 60.5 Å². The van der Waals surface area contributed by atoms with Gasteiger partial charge in [0, 0.05) is 50.4 Å². The second-order valence-electron chi connectivity index (χ2n) is 13.8. The molecule has 56 heavy (non-hydrogen) atoms. The number of carbonyl (C=O) groups is 4. The van der Waals surface area contributed by atoms with Crippen LogP contribution in [0.3, 0.4) is 0 Å². The number of ether oxygens (including phenoxy) is 1. The van der Waals surface area contributed by atoms with Crippen LogP contribution in [-0.4, -0.2) is 113 Å². The molecule has 2 aromatic carbocycles. The number of nitrogens with zero attached hydrogens (tertiary/aromatic N) is 7. The first-order chi connectivity index (χ1) is 27.0. The largest absolute Gasteiger partial charge is 0.493 e. The highest BCUT2D eigenvalue weighted by molar-refractivity contribution is 7.92. The lowest BCUT2D eigenvalue weighted by Gasteiger charge is -2.35. The van der Waals surface area contributed by atoms with Crippen molar-refractivity contribution in [2.24, 2.45) is 0 Å². The molecule has 6 heterocycles. The molecule has 0 spiro atoms. The lowest BCUT2D eigenvalue weighted by Crippen LogP contribution is -2.54. The molecular formula is C38H38N10O7S. The number of benzene rings is 2. The molecule has 5 aromatic rings. The first kappa shape index (κ1) is 36.6. The van der Waals surface area contributed by atoms with E-state index in [1.807, 2.05) is 30.3 Å². The van der Waals surface area contributed by atoms with Crippen molar-refractivity contribution in [3.8, 4) is 17.0 Å². The molecule has 1 unspecified atom stereocenters. The molecule has 8 rings (SSSR count). The fourth-order valence-corrected chi connectivity index (χ4v) is 7.74. The predicted octanol–water partition coefficient (Wildman–Crippen LogP) is 2.90. The number of aromatic nitrogens is 4. The number of amides is 4. The van der Waals surface area contributed by atoms with Gasteiger partial charge in [0.25, 0.3) is 11.8 Å². The maximum Gasteiger partial charge on any atom is 0.266 e. The van der Waals surface area contributed by atoms with Crippen molar-refractivity contribution in [2.45, 2.75) is 25.3 Å². The Hall–Kier alpha value is -6.40. The maximum absolute atomic E-state index is 13.3. The molecule has 17 nitrogen and oxygen atoms in total. The second kappa shape index (κ2) is 15.0. The molecule has 288 valence electrons.